The van der Waals surface area contributed by atoms with Crippen molar-refractivity contribution in [2.45, 2.75) is 0 Å². The lowest BCUT2D eigenvalue weighted by molar-refractivity contribution is -0.384. The molecular weight excluding hydrogens is 468 g/mol. The molecule has 1 saturated heterocycles. The van der Waals surface area contributed by atoms with E-state index in [9.17, 15) is 19.7 Å². The lowest BCUT2D eigenvalue weighted by Crippen LogP contribution is -2.32. The smallest absolute Gasteiger partial charge is 0.293 e. The van der Waals surface area contributed by atoms with Gasteiger partial charge in [-0.1, -0.05) is 48.5 Å². The summed E-state index contributed by atoms with van der Waals surface area (Å²) >= 11 is 0.831. The van der Waals surface area contributed by atoms with E-state index in [0.717, 1.165) is 27.4 Å². The summed E-state index contributed by atoms with van der Waals surface area (Å²) < 4.78 is 11.6. The number of hydrogen-bond acceptors (Lipinski definition) is 7. The minimum absolute atomic E-state index is 0.0488. The topological polar surface area (TPSA) is 103 Å². The number of nitro groups is 1. The zero-order chi connectivity index (χ0) is 24.4. The number of nitrogens with zero attached hydrogens (tertiary/aromatic N) is 2. The summed E-state index contributed by atoms with van der Waals surface area (Å²) in [5.74, 6) is 1.05. The van der Waals surface area contributed by atoms with Crippen molar-refractivity contribution in [1.29, 1.82) is 0 Å². The number of nitro benzene ring substituents is 1. The van der Waals surface area contributed by atoms with Crippen LogP contribution < -0.4 is 4.74 Å². The van der Waals surface area contributed by atoms with Gasteiger partial charge in [0.1, 0.15) is 23.9 Å². The molecule has 35 heavy (non-hydrogen) atoms. The minimum atomic E-state index is -0.479. The van der Waals surface area contributed by atoms with E-state index in [1.165, 1.54) is 18.2 Å². The molecule has 0 aliphatic carbocycles. The first kappa shape index (κ1) is 22.4. The minimum Gasteiger partial charge on any atom is -0.491 e. The second-order valence-electron chi connectivity index (χ2n) is 7.67. The van der Waals surface area contributed by atoms with Crippen LogP contribution in [0, 0.1) is 10.1 Å². The molecule has 174 valence electrons. The predicted octanol–water partition coefficient (Wildman–Crippen LogP) is 6.12. The van der Waals surface area contributed by atoms with Crippen LogP contribution in [0.2, 0.25) is 0 Å². The van der Waals surface area contributed by atoms with Crippen LogP contribution in [0.1, 0.15) is 5.76 Å². The van der Waals surface area contributed by atoms with Gasteiger partial charge < -0.3 is 9.15 Å². The molecule has 4 aromatic rings. The van der Waals surface area contributed by atoms with E-state index in [1.54, 1.807) is 24.3 Å². The van der Waals surface area contributed by atoms with Crippen molar-refractivity contribution < 1.29 is 23.7 Å². The number of carbonyl (C=O) groups excluding carboxylic acids is 2. The van der Waals surface area contributed by atoms with E-state index in [2.05, 4.69) is 0 Å². The fraction of sp³-hybridized carbons (Fsp3) is 0.0769. The molecule has 1 aliphatic rings. The molecule has 0 unspecified atom stereocenters. The van der Waals surface area contributed by atoms with Crippen LogP contribution in [0.25, 0.3) is 28.2 Å². The fourth-order valence-corrected chi connectivity index (χ4v) is 4.59. The summed E-state index contributed by atoms with van der Waals surface area (Å²) in [6.45, 7) is 0.277. The molecule has 1 fully saturated rings. The first-order valence-electron chi connectivity index (χ1n) is 10.7. The second-order valence-corrected chi connectivity index (χ2v) is 8.66. The van der Waals surface area contributed by atoms with E-state index < -0.39 is 10.8 Å². The number of carbonyl (C=O) groups is 2. The number of amides is 2. The Labute approximate surface area is 203 Å². The Kier molecular flexibility index (Phi) is 6.07. The van der Waals surface area contributed by atoms with E-state index in [-0.39, 0.29) is 29.0 Å². The molecule has 0 N–H and O–H groups in total. The molecule has 8 nitrogen and oxygen atoms in total. The van der Waals surface area contributed by atoms with E-state index in [4.69, 9.17) is 9.15 Å². The third kappa shape index (κ3) is 4.67. The molecule has 2 amide bonds. The average Bonchev–Trinajstić information content (AvgIpc) is 3.44. The van der Waals surface area contributed by atoms with Gasteiger partial charge in [0.25, 0.3) is 16.8 Å². The third-order valence-corrected chi connectivity index (χ3v) is 6.34. The Morgan fingerprint density at radius 3 is 2.66 bits per heavy atom. The monoisotopic (exact) mass is 486 g/mol. The fourth-order valence-electron chi connectivity index (χ4n) is 3.75. The van der Waals surface area contributed by atoms with Gasteiger partial charge in [0.2, 0.25) is 0 Å². The zero-order valence-corrected chi connectivity index (χ0v) is 19.1. The van der Waals surface area contributed by atoms with Gasteiger partial charge in [0, 0.05) is 29.2 Å². The van der Waals surface area contributed by atoms with Crippen LogP contribution in [-0.4, -0.2) is 34.1 Å². The molecule has 0 atom stereocenters. The van der Waals surface area contributed by atoms with Crippen molar-refractivity contribution in [1.82, 2.24) is 4.90 Å². The highest BCUT2D eigenvalue weighted by Crippen LogP contribution is 2.34. The van der Waals surface area contributed by atoms with Crippen LogP contribution in [0.5, 0.6) is 5.75 Å². The summed E-state index contributed by atoms with van der Waals surface area (Å²) in [7, 11) is 0. The normalized spacial score (nSPS) is 14.7. The van der Waals surface area contributed by atoms with E-state index >= 15 is 0 Å². The number of imide groups is 1. The quantitative estimate of drug-likeness (QED) is 0.176. The molecule has 0 radical (unpaired) electrons. The van der Waals surface area contributed by atoms with Crippen molar-refractivity contribution in [3.05, 3.63) is 99.6 Å². The van der Waals surface area contributed by atoms with Crippen LogP contribution in [0.3, 0.4) is 0 Å². The number of benzene rings is 3. The number of non-ortho nitro benzene ring substituents is 1. The summed E-state index contributed by atoms with van der Waals surface area (Å²) in [6, 6.07) is 22.9. The van der Waals surface area contributed by atoms with Gasteiger partial charge in [-0.15, -0.1) is 0 Å². The van der Waals surface area contributed by atoms with Gasteiger partial charge in [-0.2, -0.15) is 0 Å². The number of rotatable bonds is 7. The highest BCUT2D eigenvalue weighted by Gasteiger charge is 2.35. The number of thioether (sulfide) groups is 1. The van der Waals surface area contributed by atoms with Gasteiger partial charge >= 0.3 is 0 Å². The highest BCUT2D eigenvalue weighted by molar-refractivity contribution is 8.18. The van der Waals surface area contributed by atoms with Gasteiger partial charge in [-0.25, -0.2) is 0 Å². The Hall–Kier alpha value is -4.37. The molecule has 9 heteroatoms. The first-order valence-corrected chi connectivity index (χ1v) is 11.5. The van der Waals surface area contributed by atoms with Crippen LogP contribution in [0.4, 0.5) is 10.5 Å². The Balaban J connectivity index is 1.26. The zero-order valence-electron chi connectivity index (χ0n) is 18.2. The van der Waals surface area contributed by atoms with Crippen molar-refractivity contribution in [3.8, 4) is 17.1 Å². The van der Waals surface area contributed by atoms with Crippen molar-refractivity contribution in [2.75, 3.05) is 13.2 Å². The molecule has 0 bridgehead atoms. The molecule has 5 rings (SSSR count). The molecule has 2 heterocycles. The van der Waals surface area contributed by atoms with Gasteiger partial charge in [0.15, 0.2) is 0 Å². The van der Waals surface area contributed by atoms with E-state index in [1.807, 2.05) is 42.5 Å². The average molecular weight is 487 g/mol. The molecule has 0 spiro atoms. The lowest BCUT2D eigenvalue weighted by Gasteiger charge is -2.14. The van der Waals surface area contributed by atoms with E-state index in [0.29, 0.717) is 22.8 Å². The van der Waals surface area contributed by atoms with Crippen molar-refractivity contribution in [2.24, 2.45) is 0 Å². The van der Waals surface area contributed by atoms with Crippen molar-refractivity contribution in [3.63, 3.8) is 0 Å². The number of fused-ring (bicyclic) bond motifs is 1. The number of ether oxygens (including phenoxy) is 1. The molecule has 3 aromatic carbocycles. The maximum absolute atomic E-state index is 12.8. The molecule has 0 saturated carbocycles. The molecular formula is C26H18N2O6S. The first-order chi connectivity index (χ1) is 17.0. The number of furan rings is 1. The van der Waals surface area contributed by atoms with Crippen LogP contribution >= 0.6 is 11.8 Å². The summed E-state index contributed by atoms with van der Waals surface area (Å²) in [5.41, 5.74) is 0.491. The van der Waals surface area contributed by atoms with Crippen LogP contribution in [-0.2, 0) is 4.79 Å². The number of hydrogen-bond donors (Lipinski definition) is 0. The van der Waals surface area contributed by atoms with Gasteiger partial charge in [-0.3, -0.25) is 24.6 Å². The summed E-state index contributed by atoms with van der Waals surface area (Å²) in [4.78, 5) is 37.2. The maximum atomic E-state index is 12.8. The SMILES string of the molecule is O=C1S/C(=C\c2ccc(-c3cccc([N+](=O)[O-])c3)o2)C(=O)N1CCOc1cccc2ccccc12. The Morgan fingerprint density at radius 2 is 1.80 bits per heavy atom. The molecule has 1 aliphatic heterocycles. The maximum Gasteiger partial charge on any atom is 0.293 e. The second kappa shape index (κ2) is 9.47. The predicted molar refractivity (Wildman–Crippen MR) is 133 cm³/mol. The summed E-state index contributed by atoms with van der Waals surface area (Å²) in [6.07, 6.45) is 1.50. The van der Waals surface area contributed by atoms with Gasteiger partial charge in [0.05, 0.1) is 16.4 Å². The summed E-state index contributed by atoms with van der Waals surface area (Å²) in [5, 5.41) is 12.6. The lowest BCUT2D eigenvalue weighted by atomic mass is 10.1. The highest BCUT2D eigenvalue weighted by atomic mass is 32.2. The Morgan fingerprint density at radius 1 is 1.00 bits per heavy atom. The van der Waals surface area contributed by atoms with Crippen LogP contribution in [0.15, 0.2) is 88.2 Å². The third-order valence-electron chi connectivity index (χ3n) is 5.44. The largest absolute Gasteiger partial charge is 0.491 e. The van der Waals surface area contributed by atoms with Crippen molar-refractivity contribution >= 4 is 45.4 Å². The van der Waals surface area contributed by atoms with Gasteiger partial charge in [-0.05, 0) is 35.3 Å². The Bertz CT molecular complexity index is 1490. The standard InChI is InChI=1S/C26H18N2O6S/c29-25-24(16-20-11-12-22(34-20)18-7-3-8-19(15-18)28(31)32)35-26(30)27(25)13-14-33-23-10-4-6-17-5-1-2-9-21(17)23/h1-12,15-16H,13-14H2/b24-16-. The molecule has 1 aromatic heterocycles.